The molecule has 3 rings (SSSR count). The molecule has 0 bridgehead atoms. The maximum atomic E-state index is 5.78. The third kappa shape index (κ3) is 8.24. The molecular weight excluding hydrogens is 390 g/mol. The SMILES string of the molecule is C=N/C(=N\C(=N/COCc1ccccc1)OCc1ccccc1)OCc1ccccc1. The summed E-state index contributed by atoms with van der Waals surface area (Å²) < 4.78 is 17.1. The average Bonchev–Trinajstić information content (AvgIpc) is 2.84. The standard InChI is InChI=1S/C25H25N3O3/c1-26-24(30-18-22-13-7-3-8-14-22)28-25(31-19-23-15-9-4-10-16-23)27-20-29-17-21-11-5-2-6-12-21/h2-16H,1,17-20H2/b27-25+,28-24+. The van der Waals surface area contributed by atoms with E-state index in [0.29, 0.717) is 19.8 Å². The van der Waals surface area contributed by atoms with E-state index in [1.165, 1.54) is 0 Å². The highest BCUT2D eigenvalue weighted by Gasteiger charge is 2.05. The second kappa shape index (κ2) is 12.7. The van der Waals surface area contributed by atoms with Gasteiger partial charge in [-0.1, -0.05) is 91.0 Å². The molecule has 3 aromatic rings. The van der Waals surface area contributed by atoms with Crippen molar-refractivity contribution in [3.63, 3.8) is 0 Å². The van der Waals surface area contributed by atoms with Crippen LogP contribution < -0.4 is 0 Å². The van der Waals surface area contributed by atoms with Gasteiger partial charge in [-0.15, -0.1) is 4.99 Å². The zero-order valence-corrected chi connectivity index (χ0v) is 17.3. The van der Waals surface area contributed by atoms with Crippen LogP contribution in [0.3, 0.4) is 0 Å². The molecule has 0 aliphatic carbocycles. The fourth-order valence-electron chi connectivity index (χ4n) is 2.59. The van der Waals surface area contributed by atoms with Gasteiger partial charge in [0.05, 0.1) is 6.61 Å². The Kier molecular flexibility index (Phi) is 9.00. The van der Waals surface area contributed by atoms with Crippen molar-refractivity contribution in [2.45, 2.75) is 19.8 Å². The van der Waals surface area contributed by atoms with E-state index in [-0.39, 0.29) is 18.8 Å². The van der Waals surface area contributed by atoms with Crippen molar-refractivity contribution >= 4 is 18.8 Å². The fraction of sp³-hybridized carbons (Fsp3) is 0.160. The summed E-state index contributed by atoms with van der Waals surface area (Å²) in [6.07, 6.45) is 0. The monoisotopic (exact) mass is 415 g/mol. The number of hydrogen-bond acceptors (Lipinski definition) is 4. The molecule has 0 aliphatic rings. The number of rotatable bonds is 8. The van der Waals surface area contributed by atoms with Gasteiger partial charge in [0.25, 0.3) is 0 Å². The Labute approximate surface area is 182 Å². The zero-order chi connectivity index (χ0) is 21.6. The van der Waals surface area contributed by atoms with E-state index in [9.17, 15) is 0 Å². The molecule has 6 nitrogen and oxygen atoms in total. The van der Waals surface area contributed by atoms with E-state index in [2.05, 4.69) is 21.7 Å². The Morgan fingerprint density at radius 2 is 1.06 bits per heavy atom. The maximum Gasteiger partial charge on any atom is 0.320 e. The summed E-state index contributed by atoms with van der Waals surface area (Å²) in [4.78, 5) is 12.4. The first kappa shape index (κ1) is 21.9. The Bertz CT molecular complexity index is 975. The van der Waals surface area contributed by atoms with Gasteiger partial charge in [-0.25, -0.2) is 9.98 Å². The first-order valence-corrected chi connectivity index (χ1v) is 9.88. The summed E-state index contributed by atoms with van der Waals surface area (Å²) in [7, 11) is 0. The van der Waals surface area contributed by atoms with Gasteiger partial charge in [0, 0.05) is 0 Å². The molecule has 6 heteroatoms. The van der Waals surface area contributed by atoms with Gasteiger partial charge in [0.15, 0.2) is 0 Å². The second-order valence-electron chi connectivity index (χ2n) is 6.50. The highest BCUT2D eigenvalue weighted by Crippen LogP contribution is 2.06. The van der Waals surface area contributed by atoms with Crippen LogP contribution >= 0.6 is 0 Å². The highest BCUT2D eigenvalue weighted by molar-refractivity contribution is 5.91. The van der Waals surface area contributed by atoms with E-state index < -0.39 is 0 Å². The van der Waals surface area contributed by atoms with Gasteiger partial charge in [-0.05, 0) is 23.4 Å². The predicted octanol–water partition coefficient (Wildman–Crippen LogP) is 5.01. The van der Waals surface area contributed by atoms with E-state index in [1.807, 2.05) is 91.0 Å². The Morgan fingerprint density at radius 1 is 0.613 bits per heavy atom. The van der Waals surface area contributed by atoms with E-state index >= 15 is 0 Å². The molecule has 3 aromatic carbocycles. The first-order valence-electron chi connectivity index (χ1n) is 9.88. The lowest BCUT2D eigenvalue weighted by molar-refractivity contribution is 0.126. The molecule has 0 radical (unpaired) electrons. The van der Waals surface area contributed by atoms with Crippen LogP contribution in [0.15, 0.2) is 106 Å². The number of benzene rings is 3. The van der Waals surface area contributed by atoms with Crippen molar-refractivity contribution in [2.75, 3.05) is 6.73 Å². The molecule has 0 saturated carbocycles. The van der Waals surface area contributed by atoms with Gasteiger partial charge in [0.1, 0.15) is 19.9 Å². The van der Waals surface area contributed by atoms with Crippen LogP contribution in [0.2, 0.25) is 0 Å². The van der Waals surface area contributed by atoms with Crippen LogP contribution in [0.25, 0.3) is 0 Å². The Hall–Kier alpha value is -3.77. The molecule has 31 heavy (non-hydrogen) atoms. The fourth-order valence-corrected chi connectivity index (χ4v) is 2.59. The quantitative estimate of drug-likeness (QED) is 0.295. The minimum atomic E-state index is 0.0822. The Balaban J connectivity index is 1.63. The van der Waals surface area contributed by atoms with Crippen molar-refractivity contribution in [3.8, 4) is 0 Å². The van der Waals surface area contributed by atoms with Crippen LogP contribution in [-0.2, 0) is 34.0 Å². The second-order valence-corrected chi connectivity index (χ2v) is 6.50. The lowest BCUT2D eigenvalue weighted by Crippen LogP contribution is -2.10. The van der Waals surface area contributed by atoms with E-state index in [1.54, 1.807) is 0 Å². The normalized spacial score (nSPS) is 11.7. The number of nitrogens with zero attached hydrogens (tertiary/aromatic N) is 3. The summed E-state index contributed by atoms with van der Waals surface area (Å²) in [5, 5.41) is 0. The molecular formula is C25H25N3O3. The minimum absolute atomic E-state index is 0.0822. The van der Waals surface area contributed by atoms with Crippen molar-refractivity contribution in [1.82, 2.24) is 0 Å². The molecule has 0 unspecified atom stereocenters. The third-order valence-corrected chi connectivity index (χ3v) is 4.15. The number of aliphatic imine (C=N–C) groups is 3. The molecule has 0 atom stereocenters. The maximum absolute atomic E-state index is 5.78. The highest BCUT2D eigenvalue weighted by atomic mass is 16.5. The lowest BCUT2D eigenvalue weighted by Gasteiger charge is -2.09. The van der Waals surface area contributed by atoms with Gasteiger partial charge < -0.3 is 14.2 Å². The molecule has 0 heterocycles. The van der Waals surface area contributed by atoms with E-state index in [4.69, 9.17) is 14.2 Å². The smallest absolute Gasteiger partial charge is 0.320 e. The summed E-state index contributed by atoms with van der Waals surface area (Å²) in [6.45, 7) is 4.69. The van der Waals surface area contributed by atoms with Crippen LogP contribution in [0, 0.1) is 0 Å². The minimum Gasteiger partial charge on any atom is -0.459 e. The van der Waals surface area contributed by atoms with Crippen LogP contribution in [0.5, 0.6) is 0 Å². The third-order valence-electron chi connectivity index (χ3n) is 4.15. The molecule has 0 spiro atoms. The number of hydrogen-bond donors (Lipinski definition) is 0. The lowest BCUT2D eigenvalue weighted by atomic mass is 10.2. The van der Waals surface area contributed by atoms with Gasteiger partial charge in [0.2, 0.25) is 0 Å². The number of amidine groups is 2. The summed E-state index contributed by atoms with van der Waals surface area (Å²) >= 11 is 0. The molecule has 0 aliphatic heterocycles. The van der Waals surface area contributed by atoms with E-state index in [0.717, 1.165) is 16.7 Å². The molecule has 0 fully saturated rings. The van der Waals surface area contributed by atoms with Gasteiger partial charge >= 0.3 is 12.0 Å². The van der Waals surface area contributed by atoms with Crippen LogP contribution in [0.1, 0.15) is 16.7 Å². The average molecular weight is 415 g/mol. The number of ether oxygens (including phenoxy) is 3. The zero-order valence-electron chi connectivity index (χ0n) is 17.3. The van der Waals surface area contributed by atoms with Crippen molar-refractivity contribution < 1.29 is 14.2 Å². The van der Waals surface area contributed by atoms with Crippen molar-refractivity contribution in [1.29, 1.82) is 0 Å². The summed E-state index contributed by atoms with van der Waals surface area (Å²) in [5.41, 5.74) is 3.05. The molecule has 0 saturated heterocycles. The van der Waals surface area contributed by atoms with Crippen LogP contribution in [0.4, 0.5) is 0 Å². The van der Waals surface area contributed by atoms with Gasteiger partial charge in [-0.3, -0.25) is 0 Å². The van der Waals surface area contributed by atoms with Crippen LogP contribution in [-0.4, -0.2) is 25.5 Å². The molecule has 0 aromatic heterocycles. The van der Waals surface area contributed by atoms with Gasteiger partial charge in [-0.2, -0.15) is 0 Å². The summed E-state index contributed by atoms with van der Waals surface area (Å²) in [5.74, 6) is 0. The first-order chi connectivity index (χ1) is 15.3. The topological polar surface area (TPSA) is 64.8 Å². The molecule has 0 amide bonds. The summed E-state index contributed by atoms with van der Waals surface area (Å²) in [6, 6.07) is 29.6. The van der Waals surface area contributed by atoms with Crippen molar-refractivity contribution in [2.24, 2.45) is 15.0 Å². The molecule has 158 valence electrons. The predicted molar refractivity (Wildman–Crippen MR) is 123 cm³/mol. The Morgan fingerprint density at radius 3 is 1.55 bits per heavy atom. The largest absolute Gasteiger partial charge is 0.459 e. The van der Waals surface area contributed by atoms with Crippen molar-refractivity contribution in [3.05, 3.63) is 108 Å². The molecule has 0 N–H and O–H groups in total.